The number of ketones is 1. The molecule has 0 aliphatic carbocycles. The van der Waals surface area contributed by atoms with Crippen LogP contribution in [0.4, 0.5) is 0 Å². The molecule has 22 heavy (non-hydrogen) atoms. The van der Waals surface area contributed by atoms with Crippen molar-refractivity contribution >= 4 is 11.7 Å². The number of rotatable bonds is 5. The van der Waals surface area contributed by atoms with E-state index in [1.54, 1.807) is 18.7 Å². The smallest absolute Gasteiger partial charge is 0.290 e. The van der Waals surface area contributed by atoms with Gasteiger partial charge in [-0.2, -0.15) is 0 Å². The second kappa shape index (κ2) is 6.34. The van der Waals surface area contributed by atoms with Crippen molar-refractivity contribution in [3.63, 3.8) is 0 Å². The van der Waals surface area contributed by atoms with Crippen LogP contribution in [0, 0.1) is 12.8 Å². The minimum Gasteiger partial charge on any atom is -0.503 e. The lowest BCUT2D eigenvalue weighted by atomic mass is 9.89. The molecule has 1 aliphatic heterocycles. The second-order valence-electron chi connectivity index (χ2n) is 6.04. The Morgan fingerprint density at radius 2 is 1.95 bits per heavy atom. The van der Waals surface area contributed by atoms with Crippen molar-refractivity contribution in [1.29, 1.82) is 0 Å². The van der Waals surface area contributed by atoms with E-state index in [0.717, 1.165) is 17.5 Å². The highest BCUT2D eigenvalue weighted by Crippen LogP contribution is 2.39. The molecule has 0 bridgehead atoms. The lowest BCUT2D eigenvalue weighted by molar-refractivity contribution is -0.129. The van der Waals surface area contributed by atoms with Crippen molar-refractivity contribution in [2.75, 3.05) is 6.54 Å². The zero-order valence-electron chi connectivity index (χ0n) is 13.6. The number of carbonyl (C=O) groups excluding carboxylic acids is 2. The summed E-state index contributed by atoms with van der Waals surface area (Å²) in [5.41, 5.74) is 2.14. The Morgan fingerprint density at radius 1 is 1.32 bits per heavy atom. The number of hydrogen-bond donors (Lipinski definition) is 1. The predicted octanol–water partition coefficient (Wildman–Crippen LogP) is 3.33. The molecule has 1 unspecified atom stereocenters. The molecule has 1 N–H and O–H groups in total. The van der Waals surface area contributed by atoms with Crippen molar-refractivity contribution in [3.8, 4) is 0 Å². The lowest BCUT2D eigenvalue weighted by Crippen LogP contribution is -2.32. The van der Waals surface area contributed by atoms with E-state index in [-0.39, 0.29) is 23.0 Å². The van der Waals surface area contributed by atoms with Crippen LogP contribution in [-0.2, 0) is 9.59 Å². The molecule has 1 aromatic rings. The molecule has 0 spiro atoms. The summed E-state index contributed by atoms with van der Waals surface area (Å²) in [4.78, 5) is 26.5. The third-order valence-electron chi connectivity index (χ3n) is 4.04. The normalized spacial score (nSPS) is 18.5. The standard InChI is InChI=1S/C18H23NO3/c1-5-10-19-15(13-9-7-6-8-12(13)4)14(16(20)11(2)3)17(21)18(19)22/h6-9,11,15,21H,5,10H2,1-4H3. The lowest BCUT2D eigenvalue weighted by Gasteiger charge is -2.28. The molecule has 1 heterocycles. The van der Waals surface area contributed by atoms with E-state index in [4.69, 9.17) is 0 Å². The summed E-state index contributed by atoms with van der Waals surface area (Å²) in [5, 5.41) is 10.3. The van der Waals surface area contributed by atoms with Crippen molar-refractivity contribution < 1.29 is 14.7 Å². The van der Waals surface area contributed by atoms with Gasteiger partial charge in [-0.3, -0.25) is 9.59 Å². The van der Waals surface area contributed by atoms with Crippen LogP contribution in [0.25, 0.3) is 0 Å². The molecule has 0 saturated carbocycles. The van der Waals surface area contributed by atoms with Gasteiger partial charge < -0.3 is 10.0 Å². The molecule has 1 aromatic carbocycles. The predicted molar refractivity (Wildman–Crippen MR) is 85.4 cm³/mol. The minimum absolute atomic E-state index is 0.169. The van der Waals surface area contributed by atoms with Crippen LogP contribution in [0.15, 0.2) is 35.6 Å². The van der Waals surface area contributed by atoms with Gasteiger partial charge in [0, 0.05) is 12.5 Å². The number of benzene rings is 1. The van der Waals surface area contributed by atoms with Gasteiger partial charge in [0.2, 0.25) is 0 Å². The van der Waals surface area contributed by atoms with E-state index >= 15 is 0 Å². The minimum atomic E-state index is -0.483. The van der Waals surface area contributed by atoms with Gasteiger partial charge in [-0.25, -0.2) is 0 Å². The molecule has 0 radical (unpaired) electrons. The summed E-state index contributed by atoms with van der Waals surface area (Å²) in [7, 11) is 0. The van der Waals surface area contributed by atoms with Gasteiger partial charge in [0.1, 0.15) is 0 Å². The highest BCUT2D eigenvalue weighted by molar-refractivity contribution is 6.09. The summed E-state index contributed by atoms with van der Waals surface area (Å²) in [6.07, 6.45) is 0.768. The highest BCUT2D eigenvalue weighted by atomic mass is 16.3. The summed E-state index contributed by atoms with van der Waals surface area (Å²) in [6, 6.07) is 7.21. The number of nitrogens with zero attached hydrogens (tertiary/aromatic N) is 1. The number of hydrogen-bond acceptors (Lipinski definition) is 3. The molecular formula is C18H23NO3. The van der Waals surface area contributed by atoms with E-state index in [1.807, 2.05) is 38.1 Å². The molecule has 0 fully saturated rings. The van der Waals surface area contributed by atoms with Gasteiger partial charge >= 0.3 is 0 Å². The van der Waals surface area contributed by atoms with Crippen LogP contribution in [-0.4, -0.2) is 28.2 Å². The Hall–Kier alpha value is -2.10. The Morgan fingerprint density at radius 3 is 2.50 bits per heavy atom. The maximum absolute atomic E-state index is 12.5. The quantitative estimate of drug-likeness (QED) is 0.907. The van der Waals surface area contributed by atoms with Crippen molar-refractivity contribution in [1.82, 2.24) is 4.90 Å². The second-order valence-corrected chi connectivity index (χ2v) is 6.04. The van der Waals surface area contributed by atoms with Crippen molar-refractivity contribution in [2.24, 2.45) is 5.92 Å². The third-order valence-corrected chi connectivity index (χ3v) is 4.04. The van der Waals surface area contributed by atoms with Crippen molar-refractivity contribution in [3.05, 3.63) is 46.7 Å². The summed E-state index contributed by atoms with van der Waals surface area (Å²) in [6.45, 7) is 8.00. The number of carbonyl (C=O) groups is 2. The van der Waals surface area contributed by atoms with Crippen molar-refractivity contribution in [2.45, 2.75) is 40.2 Å². The van der Waals surface area contributed by atoms with Gasteiger partial charge in [-0.1, -0.05) is 45.0 Å². The van der Waals surface area contributed by atoms with Crippen LogP contribution in [0.5, 0.6) is 0 Å². The number of aliphatic hydroxyl groups excluding tert-OH is 1. The number of aliphatic hydroxyl groups is 1. The van der Waals surface area contributed by atoms with Gasteiger partial charge in [-0.05, 0) is 24.5 Å². The maximum atomic E-state index is 12.5. The summed E-state index contributed by atoms with van der Waals surface area (Å²) < 4.78 is 0. The Kier molecular flexibility index (Phi) is 4.69. The molecule has 4 heteroatoms. The average molecular weight is 301 g/mol. The zero-order valence-corrected chi connectivity index (χ0v) is 13.6. The highest BCUT2D eigenvalue weighted by Gasteiger charge is 2.43. The van der Waals surface area contributed by atoms with E-state index in [2.05, 4.69) is 0 Å². The monoisotopic (exact) mass is 301 g/mol. The summed E-state index contributed by atoms with van der Waals surface area (Å²) in [5.74, 6) is -1.27. The topological polar surface area (TPSA) is 57.6 Å². The molecule has 1 atom stereocenters. The van der Waals surface area contributed by atoms with Gasteiger partial charge in [0.05, 0.1) is 11.6 Å². The molecule has 4 nitrogen and oxygen atoms in total. The van der Waals surface area contributed by atoms with E-state index in [1.165, 1.54) is 0 Å². The Labute approximate surface area is 131 Å². The Balaban J connectivity index is 2.59. The first-order chi connectivity index (χ1) is 10.4. The third kappa shape index (κ3) is 2.65. The van der Waals surface area contributed by atoms with E-state index in [0.29, 0.717) is 6.54 Å². The first kappa shape index (κ1) is 16.3. The average Bonchev–Trinajstić information content (AvgIpc) is 2.72. The zero-order chi connectivity index (χ0) is 16.4. The van der Waals surface area contributed by atoms with E-state index < -0.39 is 11.9 Å². The molecule has 0 aromatic heterocycles. The SMILES string of the molecule is CCCN1C(=O)C(O)=C(C(=O)C(C)C)C1c1ccccc1C. The van der Waals surface area contributed by atoms with Crippen LogP contribution >= 0.6 is 0 Å². The van der Waals surface area contributed by atoms with Gasteiger partial charge in [-0.15, -0.1) is 0 Å². The summed E-state index contributed by atoms with van der Waals surface area (Å²) >= 11 is 0. The first-order valence-corrected chi connectivity index (χ1v) is 7.74. The van der Waals surface area contributed by atoms with Crippen LogP contribution in [0.2, 0.25) is 0 Å². The molecule has 0 saturated heterocycles. The van der Waals surface area contributed by atoms with Crippen LogP contribution < -0.4 is 0 Å². The molecule has 118 valence electrons. The van der Waals surface area contributed by atoms with Gasteiger partial charge in [0.15, 0.2) is 11.5 Å². The maximum Gasteiger partial charge on any atom is 0.290 e. The Bertz CT molecular complexity index is 631. The number of amides is 1. The van der Waals surface area contributed by atoms with Crippen LogP contribution in [0.3, 0.4) is 0 Å². The van der Waals surface area contributed by atoms with Gasteiger partial charge in [0.25, 0.3) is 5.91 Å². The largest absolute Gasteiger partial charge is 0.503 e. The first-order valence-electron chi connectivity index (χ1n) is 7.74. The fourth-order valence-corrected chi connectivity index (χ4v) is 2.90. The molecule has 1 aliphatic rings. The number of Topliss-reactive ketones (excluding diaryl/α,β-unsaturated/α-hetero) is 1. The molecular weight excluding hydrogens is 278 g/mol. The van der Waals surface area contributed by atoms with Crippen LogP contribution in [0.1, 0.15) is 44.4 Å². The molecule has 1 amide bonds. The van der Waals surface area contributed by atoms with E-state index in [9.17, 15) is 14.7 Å². The number of aryl methyl sites for hydroxylation is 1. The fourth-order valence-electron chi connectivity index (χ4n) is 2.90. The fraction of sp³-hybridized carbons (Fsp3) is 0.444. The molecule has 2 rings (SSSR count).